The van der Waals surface area contributed by atoms with Crippen molar-refractivity contribution in [1.29, 1.82) is 0 Å². The van der Waals surface area contributed by atoms with Crippen molar-refractivity contribution in [3.05, 3.63) is 25.3 Å². The maximum absolute atomic E-state index is 5.32. The van der Waals surface area contributed by atoms with Crippen LogP contribution in [0.5, 0.6) is 0 Å². The zero-order chi connectivity index (χ0) is 11.4. The first-order valence-electron chi connectivity index (χ1n) is 4.83. The van der Waals surface area contributed by atoms with E-state index in [1.165, 1.54) is 0 Å². The van der Waals surface area contributed by atoms with Crippen LogP contribution in [0, 0.1) is 5.41 Å². The molecule has 0 radical (unpaired) electrons. The average Bonchev–Trinajstić information content (AvgIpc) is 2.03. The first-order chi connectivity index (χ1) is 6.23. The molecule has 0 aliphatic rings. The molecule has 2 nitrogen and oxygen atoms in total. The molecule has 1 atom stereocenters. The number of hydrogen-bond donors (Lipinski definition) is 0. The molecule has 0 aromatic rings. The van der Waals surface area contributed by atoms with Crippen LogP contribution in [0.4, 0.5) is 0 Å². The maximum Gasteiger partial charge on any atom is 0.116 e. The second-order valence-electron chi connectivity index (χ2n) is 5.01. The van der Waals surface area contributed by atoms with Crippen molar-refractivity contribution in [3.63, 3.8) is 0 Å². The first kappa shape index (κ1) is 13.4. The lowest BCUT2D eigenvalue weighted by atomic mass is 9.89. The quantitative estimate of drug-likeness (QED) is 0.382. The van der Waals surface area contributed by atoms with Crippen molar-refractivity contribution >= 4 is 0 Å². The molecule has 0 heterocycles. The summed E-state index contributed by atoms with van der Waals surface area (Å²) in [4.78, 5) is 10.6. The molecule has 0 saturated heterocycles. The van der Waals surface area contributed by atoms with Crippen LogP contribution in [0.2, 0.25) is 0 Å². The zero-order valence-corrected chi connectivity index (χ0v) is 9.96. The molecule has 0 saturated carbocycles. The Hall–Kier alpha value is -0.600. The smallest absolute Gasteiger partial charge is 0.116 e. The van der Waals surface area contributed by atoms with Gasteiger partial charge in [0.25, 0.3) is 0 Å². The summed E-state index contributed by atoms with van der Waals surface area (Å²) >= 11 is 0. The minimum absolute atomic E-state index is 0.0149. The van der Waals surface area contributed by atoms with E-state index in [0.717, 1.165) is 0 Å². The second kappa shape index (κ2) is 4.76. The summed E-state index contributed by atoms with van der Waals surface area (Å²) < 4.78 is 0. The molecule has 1 unspecified atom stereocenters. The van der Waals surface area contributed by atoms with Gasteiger partial charge in [-0.2, -0.15) is 0 Å². The molecule has 0 amide bonds. The minimum Gasteiger partial charge on any atom is -0.228 e. The highest BCUT2D eigenvalue weighted by Gasteiger charge is 2.26. The molecule has 0 rings (SSSR count). The van der Waals surface area contributed by atoms with Gasteiger partial charge in [-0.1, -0.05) is 32.9 Å². The molecule has 82 valence electrons. The van der Waals surface area contributed by atoms with Crippen molar-refractivity contribution < 1.29 is 9.78 Å². The number of rotatable bonds is 5. The Morgan fingerprint density at radius 3 is 1.86 bits per heavy atom. The van der Waals surface area contributed by atoms with E-state index >= 15 is 0 Å². The Morgan fingerprint density at radius 1 is 1.07 bits per heavy atom. The van der Waals surface area contributed by atoms with Gasteiger partial charge < -0.3 is 0 Å². The summed E-state index contributed by atoms with van der Waals surface area (Å²) in [6, 6.07) is 0. The highest BCUT2D eigenvalue weighted by molar-refractivity contribution is 4.90. The van der Waals surface area contributed by atoms with Gasteiger partial charge in [0.2, 0.25) is 0 Å². The molecular formula is C12H22O2. The maximum atomic E-state index is 5.32. The third kappa shape index (κ3) is 4.58. The molecule has 0 spiro atoms. The van der Waals surface area contributed by atoms with E-state index in [1.54, 1.807) is 12.2 Å². The van der Waals surface area contributed by atoms with Gasteiger partial charge in [-0.25, -0.2) is 9.78 Å². The Labute approximate surface area is 87.5 Å². The third-order valence-corrected chi connectivity index (χ3v) is 1.93. The van der Waals surface area contributed by atoms with E-state index in [4.69, 9.17) is 9.78 Å². The molecule has 14 heavy (non-hydrogen) atoms. The van der Waals surface area contributed by atoms with Crippen LogP contribution in [-0.4, -0.2) is 11.7 Å². The fourth-order valence-electron chi connectivity index (χ4n) is 0.747. The molecule has 0 N–H and O–H groups in total. The van der Waals surface area contributed by atoms with Crippen LogP contribution in [0.3, 0.4) is 0 Å². The van der Waals surface area contributed by atoms with E-state index < -0.39 is 5.60 Å². The van der Waals surface area contributed by atoms with Crippen LogP contribution in [0.25, 0.3) is 0 Å². The minimum atomic E-state index is -0.466. The molecule has 0 bridgehead atoms. The average molecular weight is 198 g/mol. The van der Waals surface area contributed by atoms with Crippen molar-refractivity contribution in [2.24, 2.45) is 5.41 Å². The highest BCUT2D eigenvalue weighted by Crippen LogP contribution is 2.25. The zero-order valence-electron chi connectivity index (χ0n) is 9.96. The monoisotopic (exact) mass is 198 g/mol. The van der Waals surface area contributed by atoms with Crippen molar-refractivity contribution in [2.75, 3.05) is 0 Å². The molecule has 0 aromatic heterocycles. The molecule has 0 aliphatic heterocycles. The molecule has 2 heteroatoms. The lowest BCUT2D eigenvalue weighted by molar-refractivity contribution is -0.369. The van der Waals surface area contributed by atoms with Gasteiger partial charge in [0.1, 0.15) is 11.7 Å². The van der Waals surface area contributed by atoms with Crippen LogP contribution >= 0.6 is 0 Å². The third-order valence-electron chi connectivity index (χ3n) is 1.93. The van der Waals surface area contributed by atoms with Crippen LogP contribution < -0.4 is 0 Å². The van der Waals surface area contributed by atoms with Crippen molar-refractivity contribution in [1.82, 2.24) is 0 Å². The molecule has 0 aliphatic carbocycles. The van der Waals surface area contributed by atoms with Gasteiger partial charge in [-0.05, 0) is 19.3 Å². The second-order valence-corrected chi connectivity index (χ2v) is 5.01. The summed E-state index contributed by atoms with van der Waals surface area (Å²) in [5.74, 6) is 0. The standard InChI is InChI=1S/C12H22O2/c1-8-10(11(3,4)5)13-14-12(6,7)9-2/h8-10H,1-2H2,3-7H3. The van der Waals surface area contributed by atoms with E-state index in [2.05, 4.69) is 33.9 Å². The topological polar surface area (TPSA) is 18.5 Å². The van der Waals surface area contributed by atoms with Crippen LogP contribution in [0.15, 0.2) is 25.3 Å². The Balaban J connectivity index is 4.23. The summed E-state index contributed by atoms with van der Waals surface area (Å²) in [5.41, 5.74) is -0.481. The molecular weight excluding hydrogens is 176 g/mol. The lowest BCUT2D eigenvalue weighted by Crippen LogP contribution is -2.31. The first-order valence-corrected chi connectivity index (χ1v) is 4.83. The van der Waals surface area contributed by atoms with E-state index in [0.29, 0.717) is 0 Å². The summed E-state index contributed by atoms with van der Waals surface area (Å²) in [6.07, 6.45) is 3.33. The van der Waals surface area contributed by atoms with E-state index in [9.17, 15) is 0 Å². The largest absolute Gasteiger partial charge is 0.228 e. The molecule has 0 aromatic carbocycles. The van der Waals surface area contributed by atoms with Crippen LogP contribution in [0.1, 0.15) is 34.6 Å². The van der Waals surface area contributed by atoms with Gasteiger partial charge >= 0.3 is 0 Å². The Kier molecular flexibility index (Phi) is 4.56. The van der Waals surface area contributed by atoms with Gasteiger partial charge in [0.05, 0.1) is 0 Å². The predicted octanol–water partition coefficient (Wildman–Crippen LogP) is 3.50. The Bertz CT molecular complexity index is 199. The summed E-state index contributed by atoms with van der Waals surface area (Å²) in [6.45, 7) is 17.4. The fraction of sp³-hybridized carbons (Fsp3) is 0.667. The van der Waals surface area contributed by atoms with Crippen LogP contribution in [-0.2, 0) is 9.78 Å². The molecule has 0 fully saturated rings. The van der Waals surface area contributed by atoms with E-state index in [1.807, 2.05) is 13.8 Å². The fourth-order valence-corrected chi connectivity index (χ4v) is 0.747. The SMILES string of the molecule is C=CC(OOC(C)(C)C=C)C(C)(C)C. The predicted molar refractivity (Wildman–Crippen MR) is 59.9 cm³/mol. The normalized spacial score (nSPS) is 14.9. The Morgan fingerprint density at radius 2 is 1.57 bits per heavy atom. The highest BCUT2D eigenvalue weighted by atomic mass is 17.2. The summed E-state index contributed by atoms with van der Waals surface area (Å²) in [5, 5.41) is 0. The van der Waals surface area contributed by atoms with Gasteiger partial charge in [0, 0.05) is 0 Å². The van der Waals surface area contributed by atoms with Gasteiger partial charge in [-0.15, -0.1) is 13.2 Å². The van der Waals surface area contributed by atoms with Crippen molar-refractivity contribution in [3.8, 4) is 0 Å². The van der Waals surface area contributed by atoms with Crippen molar-refractivity contribution in [2.45, 2.75) is 46.3 Å². The number of hydrogen-bond acceptors (Lipinski definition) is 2. The van der Waals surface area contributed by atoms with Gasteiger partial charge in [-0.3, -0.25) is 0 Å². The van der Waals surface area contributed by atoms with Gasteiger partial charge in [0.15, 0.2) is 0 Å². The summed E-state index contributed by atoms with van der Waals surface area (Å²) in [7, 11) is 0. The lowest BCUT2D eigenvalue weighted by Gasteiger charge is -2.29. The van der Waals surface area contributed by atoms with E-state index in [-0.39, 0.29) is 11.5 Å².